The number of benzene rings is 2. The van der Waals surface area contributed by atoms with Gasteiger partial charge in [-0.15, -0.1) is 0 Å². The highest BCUT2D eigenvalue weighted by Crippen LogP contribution is 2.21. The summed E-state index contributed by atoms with van der Waals surface area (Å²) < 4.78 is 50.6. The van der Waals surface area contributed by atoms with Crippen molar-refractivity contribution < 1.29 is 31.9 Å². The van der Waals surface area contributed by atoms with Crippen molar-refractivity contribution in [2.24, 2.45) is 0 Å². The van der Waals surface area contributed by atoms with Gasteiger partial charge in [-0.25, -0.2) is 17.6 Å². The molecule has 1 heterocycles. The molecule has 0 bridgehead atoms. The number of halogens is 1. The maximum absolute atomic E-state index is 12.9. The van der Waals surface area contributed by atoms with Gasteiger partial charge in [0.2, 0.25) is 10.0 Å². The summed E-state index contributed by atoms with van der Waals surface area (Å²) in [4.78, 5) is 24.2. The summed E-state index contributed by atoms with van der Waals surface area (Å²) in [6, 6.07) is 11.4. The zero-order valence-corrected chi connectivity index (χ0v) is 19.3. The fourth-order valence-electron chi connectivity index (χ4n) is 3.50. The number of morpholine rings is 1. The van der Waals surface area contributed by atoms with E-state index < -0.39 is 28.5 Å². The molecule has 1 aliphatic heterocycles. The lowest BCUT2D eigenvalue weighted by Gasteiger charge is -2.34. The van der Waals surface area contributed by atoms with Crippen molar-refractivity contribution >= 4 is 21.9 Å². The van der Waals surface area contributed by atoms with Crippen LogP contribution in [0.3, 0.4) is 0 Å². The number of esters is 1. The smallest absolute Gasteiger partial charge is 0.338 e. The van der Waals surface area contributed by atoms with Gasteiger partial charge in [-0.3, -0.25) is 4.79 Å². The van der Waals surface area contributed by atoms with E-state index >= 15 is 0 Å². The predicted octanol–water partition coefficient (Wildman–Crippen LogP) is 2.14. The molecule has 8 nitrogen and oxygen atoms in total. The van der Waals surface area contributed by atoms with Crippen LogP contribution in [-0.2, 0) is 30.7 Å². The minimum atomic E-state index is -3.72. The van der Waals surface area contributed by atoms with Crippen molar-refractivity contribution in [2.75, 3.05) is 26.2 Å². The molecular weight excluding hydrogens is 451 g/mol. The summed E-state index contributed by atoms with van der Waals surface area (Å²) in [5.74, 6) is -1.54. The number of nitrogens with one attached hydrogen (secondary N) is 1. The Labute approximate surface area is 192 Å². The van der Waals surface area contributed by atoms with Crippen LogP contribution in [0.15, 0.2) is 53.4 Å². The van der Waals surface area contributed by atoms with Crippen LogP contribution < -0.4 is 5.32 Å². The molecule has 0 saturated carbocycles. The Kier molecular flexibility index (Phi) is 8.17. The Morgan fingerprint density at radius 2 is 1.67 bits per heavy atom. The third-order valence-corrected chi connectivity index (χ3v) is 6.94. The van der Waals surface area contributed by atoms with E-state index in [1.54, 1.807) is 12.1 Å². The van der Waals surface area contributed by atoms with E-state index in [0.717, 1.165) is 5.56 Å². The van der Waals surface area contributed by atoms with Gasteiger partial charge in [-0.05, 0) is 62.2 Å². The zero-order chi connectivity index (χ0) is 24.0. The van der Waals surface area contributed by atoms with Crippen LogP contribution in [-0.4, -0.2) is 63.0 Å². The summed E-state index contributed by atoms with van der Waals surface area (Å²) in [6.45, 7) is 3.99. The lowest BCUT2D eigenvalue weighted by Crippen LogP contribution is -2.48. The maximum atomic E-state index is 12.9. The van der Waals surface area contributed by atoms with E-state index in [0.29, 0.717) is 13.0 Å². The van der Waals surface area contributed by atoms with Gasteiger partial charge in [0.15, 0.2) is 6.61 Å². The SMILES string of the molecule is CC1CN(S(=O)(=O)c2ccc(C(=O)OCC(=O)NCCc3ccc(F)cc3)cc2)CC(C)O1. The standard InChI is InChI=1S/C23H27FN2O6S/c1-16-13-26(14-17(2)32-16)33(29,30)21-9-5-19(6-10-21)23(28)31-15-22(27)25-12-11-18-3-7-20(24)8-4-18/h3-10,16-17H,11-15H2,1-2H3,(H,25,27). The molecule has 0 aliphatic carbocycles. The second-order valence-corrected chi connectivity index (χ2v) is 9.84. The Bertz CT molecular complexity index is 1060. The fourth-order valence-corrected chi connectivity index (χ4v) is 5.09. The van der Waals surface area contributed by atoms with Gasteiger partial charge in [0.25, 0.3) is 5.91 Å². The first-order chi connectivity index (χ1) is 15.6. The molecule has 2 aromatic rings. The van der Waals surface area contributed by atoms with Crippen LogP contribution in [0.1, 0.15) is 29.8 Å². The number of amides is 1. The van der Waals surface area contributed by atoms with E-state index in [2.05, 4.69) is 5.32 Å². The third-order valence-electron chi connectivity index (χ3n) is 5.10. The van der Waals surface area contributed by atoms with E-state index in [4.69, 9.17) is 9.47 Å². The van der Waals surface area contributed by atoms with Gasteiger partial charge in [0, 0.05) is 19.6 Å². The number of rotatable bonds is 8. The van der Waals surface area contributed by atoms with Crippen molar-refractivity contribution in [3.05, 3.63) is 65.5 Å². The molecular formula is C23H27FN2O6S. The van der Waals surface area contributed by atoms with E-state index in [1.807, 2.05) is 13.8 Å². The van der Waals surface area contributed by atoms with Crippen LogP contribution >= 0.6 is 0 Å². The highest BCUT2D eigenvalue weighted by molar-refractivity contribution is 7.89. The van der Waals surface area contributed by atoms with Crippen LogP contribution in [0.2, 0.25) is 0 Å². The molecule has 2 unspecified atom stereocenters. The molecule has 33 heavy (non-hydrogen) atoms. The predicted molar refractivity (Wildman–Crippen MR) is 119 cm³/mol. The van der Waals surface area contributed by atoms with Gasteiger partial charge in [-0.2, -0.15) is 4.31 Å². The Morgan fingerprint density at radius 3 is 2.27 bits per heavy atom. The van der Waals surface area contributed by atoms with Crippen LogP contribution in [0, 0.1) is 5.82 Å². The molecule has 0 spiro atoms. The van der Waals surface area contributed by atoms with Crippen molar-refractivity contribution in [3.8, 4) is 0 Å². The van der Waals surface area contributed by atoms with Crippen molar-refractivity contribution in [3.63, 3.8) is 0 Å². The number of hydrogen-bond acceptors (Lipinski definition) is 6. The lowest BCUT2D eigenvalue weighted by molar-refractivity contribution is -0.124. The molecule has 2 aromatic carbocycles. The third kappa shape index (κ3) is 6.83. The minimum absolute atomic E-state index is 0.0684. The topological polar surface area (TPSA) is 102 Å². The first-order valence-corrected chi connectivity index (χ1v) is 12.0. The van der Waals surface area contributed by atoms with Crippen LogP contribution in [0.4, 0.5) is 4.39 Å². The normalized spacial score (nSPS) is 19.1. The van der Waals surface area contributed by atoms with Crippen molar-refractivity contribution in [1.29, 1.82) is 0 Å². The number of carbonyl (C=O) groups excluding carboxylic acids is 2. The Balaban J connectivity index is 1.48. The summed E-state index contributed by atoms with van der Waals surface area (Å²) in [5, 5.41) is 2.62. The quantitative estimate of drug-likeness (QED) is 0.584. The van der Waals surface area contributed by atoms with Crippen LogP contribution in [0.25, 0.3) is 0 Å². The maximum Gasteiger partial charge on any atom is 0.338 e. The average molecular weight is 479 g/mol. The zero-order valence-electron chi connectivity index (χ0n) is 18.5. The molecule has 1 aliphatic rings. The van der Waals surface area contributed by atoms with E-state index in [9.17, 15) is 22.4 Å². The molecule has 1 fully saturated rings. The molecule has 1 amide bonds. The van der Waals surface area contributed by atoms with Crippen molar-refractivity contribution in [2.45, 2.75) is 37.4 Å². The number of carbonyl (C=O) groups is 2. The van der Waals surface area contributed by atoms with E-state index in [1.165, 1.54) is 40.7 Å². The monoisotopic (exact) mass is 478 g/mol. The van der Waals surface area contributed by atoms with Gasteiger partial charge < -0.3 is 14.8 Å². The van der Waals surface area contributed by atoms with Gasteiger partial charge in [0.1, 0.15) is 5.82 Å². The number of sulfonamides is 1. The first kappa shape index (κ1) is 24.8. The molecule has 0 radical (unpaired) electrons. The van der Waals surface area contributed by atoms with Gasteiger partial charge in [0.05, 0.1) is 22.7 Å². The molecule has 178 valence electrons. The lowest BCUT2D eigenvalue weighted by atomic mass is 10.1. The molecule has 0 aromatic heterocycles. The number of ether oxygens (including phenoxy) is 2. The first-order valence-electron chi connectivity index (χ1n) is 10.6. The summed E-state index contributed by atoms with van der Waals surface area (Å²) >= 11 is 0. The fraction of sp³-hybridized carbons (Fsp3) is 0.391. The summed E-state index contributed by atoms with van der Waals surface area (Å²) in [6.07, 6.45) is 0.0931. The van der Waals surface area contributed by atoms with Crippen LogP contribution in [0.5, 0.6) is 0 Å². The molecule has 3 rings (SSSR count). The number of hydrogen-bond donors (Lipinski definition) is 1. The summed E-state index contributed by atoms with van der Waals surface area (Å²) in [7, 11) is -3.72. The highest BCUT2D eigenvalue weighted by atomic mass is 32.2. The average Bonchev–Trinajstić information content (AvgIpc) is 2.78. The molecule has 10 heteroatoms. The molecule has 1 N–H and O–H groups in total. The second kappa shape index (κ2) is 10.9. The second-order valence-electron chi connectivity index (χ2n) is 7.91. The number of nitrogens with zero attached hydrogens (tertiary/aromatic N) is 1. The molecule has 2 atom stereocenters. The Morgan fingerprint density at radius 1 is 1.06 bits per heavy atom. The van der Waals surface area contributed by atoms with Crippen molar-refractivity contribution in [1.82, 2.24) is 9.62 Å². The Hall–Kier alpha value is -2.82. The highest BCUT2D eigenvalue weighted by Gasteiger charge is 2.32. The summed E-state index contributed by atoms with van der Waals surface area (Å²) in [5.41, 5.74) is 1.00. The largest absolute Gasteiger partial charge is 0.452 e. The minimum Gasteiger partial charge on any atom is -0.452 e. The van der Waals surface area contributed by atoms with E-state index in [-0.39, 0.29) is 41.6 Å². The molecule has 1 saturated heterocycles. The van der Waals surface area contributed by atoms with Gasteiger partial charge in [-0.1, -0.05) is 12.1 Å². The van der Waals surface area contributed by atoms with Gasteiger partial charge >= 0.3 is 5.97 Å².